The molecule has 0 saturated heterocycles. The summed E-state index contributed by atoms with van der Waals surface area (Å²) in [5.41, 5.74) is 1.49. The van der Waals surface area contributed by atoms with Crippen LogP contribution in [0.5, 0.6) is 0 Å². The molecule has 0 heterocycles. The van der Waals surface area contributed by atoms with Gasteiger partial charge in [0.05, 0.1) is 17.0 Å². The van der Waals surface area contributed by atoms with Crippen LogP contribution >= 0.6 is 11.6 Å². The third-order valence-corrected chi connectivity index (χ3v) is 4.62. The van der Waals surface area contributed by atoms with Crippen molar-refractivity contribution in [2.75, 3.05) is 7.05 Å². The predicted octanol–water partition coefficient (Wildman–Crippen LogP) is 3.41. The zero-order valence-corrected chi connectivity index (χ0v) is 16.3. The van der Waals surface area contributed by atoms with Crippen molar-refractivity contribution >= 4 is 29.5 Å². The molecular weight excluding hydrogens is 428 g/mol. The van der Waals surface area contributed by atoms with Crippen LogP contribution in [0.25, 0.3) is 6.08 Å². The first-order valence-electron chi connectivity index (χ1n) is 8.50. The minimum atomic E-state index is -5.25. The van der Waals surface area contributed by atoms with E-state index < -0.39 is 57.6 Å². The summed E-state index contributed by atoms with van der Waals surface area (Å²) in [6, 6.07) is 9.34. The molecule has 4 N–H and O–H groups in total. The molecule has 0 aliphatic carbocycles. The second-order valence-corrected chi connectivity index (χ2v) is 6.66. The number of hydrogen-bond acceptors (Lipinski definition) is 3. The fourth-order valence-corrected chi connectivity index (χ4v) is 3.20. The molecule has 0 spiro atoms. The van der Waals surface area contributed by atoms with Gasteiger partial charge in [0.25, 0.3) is 0 Å². The van der Waals surface area contributed by atoms with Gasteiger partial charge < -0.3 is 16.2 Å². The van der Waals surface area contributed by atoms with Gasteiger partial charge in [-0.05, 0) is 23.8 Å². The molecule has 5 nitrogen and oxygen atoms in total. The molecule has 2 rings (SSSR count). The van der Waals surface area contributed by atoms with Gasteiger partial charge in [0.2, 0.25) is 11.8 Å². The first-order chi connectivity index (χ1) is 14.0. The Morgan fingerprint density at radius 3 is 2.27 bits per heavy atom. The predicted molar refractivity (Wildman–Crippen MR) is 103 cm³/mol. The smallest absolute Gasteiger partial charge is 0.386 e. The summed E-state index contributed by atoms with van der Waals surface area (Å²) in [6.07, 6.45) is -6.07. The van der Waals surface area contributed by atoms with Gasteiger partial charge in [0.1, 0.15) is 11.9 Å². The highest BCUT2D eigenvalue weighted by atomic mass is 35.5. The van der Waals surface area contributed by atoms with E-state index in [1.165, 1.54) is 6.08 Å². The number of amides is 2. The molecule has 0 bridgehead atoms. The average molecular weight is 445 g/mol. The Kier molecular flexibility index (Phi) is 7.22. The van der Waals surface area contributed by atoms with Crippen LogP contribution in [0.15, 0.2) is 47.5 Å². The van der Waals surface area contributed by atoms with Crippen LogP contribution < -0.4 is 11.1 Å². The van der Waals surface area contributed by atoms with Crippen molar-refractivity contribution in [1.82, 2.24) is 5.32 Å². The van der Waals surface area contributed by atoms with Gasteiger partial charge in [0.15, 0.2) is 0 Å². The number of nitrogens with two attached hydrogens (primary N) is 1. The molecule has 2 aromatic rings. The van der Waals surface area contributed by atoms with E-state index in [1.807, 2.05) is 0 Å². The topological polar surface area (TPSA) is 92.4 Å². The lowest BCUT2D eigenvalue weighted by Crippen LogP contribution is -2.37. The van der Waals surface area contributed by atoms with Gasteiger partial charge in [-0.3, -0.25) is 9.59 Å². The normalized spacial score (nSPS) is 14.2. The van der Waals surface area contributed by atoms with E-state index in [9.17, 15) is 32.3 Å². The van der Waals surface area contributed by atoms with Crippen molar-refractivity contribution in [2.24, 2.45) is 5.73 Å². The maximum atomic E-state index is 14.6. The summed E-state index contributed by atoms with van der Waals surface area (Å²) in [6.45, 7) is 0. The number of carbonyl (C=O) groups excluding carboxylic acids is 2. The number of likely N-dealkylation sites (N-methyl/N-ethyl adjacent to an activating group) is 1. The quantitative estimate of drug-likeness (QED) is 0.596. The Labute approximate surface area is 174 Å². The third-order valence-electron chi connectivity index (χ3n) is 4.28. The highest BCUT2D eigenvalue weighted by Crippen LogP contribution is 2.41. The fraction of sp³-hybridized carbons (Fsp3) is 0.200. The molecule has 0 aromatic heterocycles. The average Bonchev–Trinajstić information content (AvgIpc) is 2.68. The van der Waals surface area contributed by atoms with E-state index in [0.717, 1.165) is 7.05 Å². The summed E-state index contributed by atoms with van der Waals surface area (Å²) in [5, 5.41) is 12.3. The Balaban J connectivity index is 2.74. The molecule has 0 fully saturated rings. The van der Waals surface area contributed by atoms with E-state index in [2.05, 4.69) is 5.32 Å². The van der Waals surface area contributed by atoms with Crippen LogP contribution in [0, 0.1) is 5.82 Å². The molecule has 2 atom stereocenters. The molecule has 10 heteroatoms. The van der Waals surface area contributed by atoms with E-state index in [0.29, 0.717) is 17.7 Å². The lowest BCUT2D eigenvalue weighted by molar-refractivity contribution is -0.139. The van der Waals surface area contributed by atoms with Crippen molar-refractivity contribution in [3.05, 3.63) is 75.6 Å². The van der Waals surface area contributed by atoms with Crippen molar-refractivity contribution in [3.63, 3.8) is 0 Å². The SMILES string of the molecule is CNC(=O)C(c1c(F)ccc(C(N)=O)c1C(F)(F)F)C(O)C(Cl)=Cc1ccccc1. The molecule has 0 aliphatic rings. The van der Waals surface area contributed by atoms with Crippen LogP contribution in [0.1, 0.15) is 33.0 Å². The Morgan fingerprint density at radius 1 is 1.17 bits per heavy atom. The second-order valence-electron chi connectivity index (χ2n) is 6.22. The van der Waals surface area contributed by atoms with Crippen LogP contribution in [0.4, 0.5) is 17.6 Å². The number of rotatable bonds is 6. The van der Waals surface area contributed by atoms with Crippen LogP contribution in [-0.2, 0) is 11.0 Å². The first kappa shape index (κ1) is 23.4. The summed E-state index contributed by atoms with van der Waals surface area (Å²) in [4.78, 5) is 24.0. The number of aliphatic hydroxyl groups is 1. The number of carbonyl (C=O) groups is 2. The highest BCUT2D eigenvalue weighted by molar-refractivity contribution is 6.32. The van der Waals surface area contributed by atoms with Crippen LogP contribution in [0.2, 0.25) is 0 Å². The van der Waals surface area contributed by atoms with Crippen molar-refractivity contribution in [2.45, 2.75) is 18.2 Å². The van der Waals surface area contributed by atoms with Gasteiger partial charge in [-0.15, -0.1) is 0 Å². The monoisotopic (exact) mass is 444 g/mol. The minimum absolute atomic E-state index is 0.410. The number of nitrogens with one attached hydrogen (secondary N) is 1. The van der Waals surface area contributed by atoms with Gasteiger partial charge >= 0.3 is 6.18 Å². The second kappa shape index (κ2) is 9.27. The molecule has 30 heavy (non-hydrogen) atoms. The highest BCUT2D eigenvalue weighted by Gasteiger charge is 2.44. The summed E-state index contributed by atoms with van der Waals surface area (Å²) in [5.74, 6) is -6.18. The number of halogens is 5. The lowest BCUT2D eigenvalue weighted by atomic mass is 9.85. The number of aliphatic hydroxyl groups excluding tert-OH is 1. The van der Waals surface area contributed by atoms with E-state index >= 15 is 0 Å². The van der Waals surface area contributed by atoms with Crippen LogP contribution in [0.3, 0.4) is 0 Å². The molecule has 0 radical (unpaired) electrons. The molecule has 2 unspecified atom stereocenters. The van der Waals surface area contributed by atoms with Crippen LogP contribution in [-0.4, -0.2) is 30.1 Å². The Morgan fingerprint density at radius 2 is 1.77 bits per heavy atom. The van der Waals surface area contributed by atoms with Gasteiger partial charge in [-0.2, -0.15) is 13.2 Å². The van der Waals surface area contributed by atoms with Gasteiger partial charge in [-0.25, -0.2) is 4.39 Å². The van der Waals surface area contributed by atoms with Crippen molar-refractivity contribution in [3.8, 4) is 0 Å². The standard InChI is InChI=1S/C20H17ClF4N2O3/c1-27-19(30)15(17(28)12(21)9-10-5-3-2-4-6-10)14-13(22)8-7-11(18(26)29)16(14)20(23,24)25/h2-9,15,17,28H,1H3,(H2,26,29)(H,27,30). The Bertz CT molecular complexity index is 978. The van der Waals surface area contributed by atoms with E-state index in [4.69, 9.17) is 17.3 Å². The van der Waals surface area contributed by atoms with Gasteiger partial charge in [-0.1, -0.05) is 41.9 Å². The summed E-state index contributed by atoms with van der Waals surface area (Å²) < 4.78 is 55.9. The number of benzene rings is 2. The number of primary amides is 1. The largest absolute Gasteiger partial charge is 0.417 e. The third kappa shape index (κ3) is 4.98. The van der Waals surface area contributed by atoms with Crippen molar-refractivity contribution in [1.29, 1.82) is 0 Å². The van der Waals surface area contributed by atoms with Crippen molar-refractivity contribution < 1.29 is 32.3 Å². The van der Waals surface area contributed by atoms with E-state index in [-0.39, 0.29) is 0 Å². The van der Waals surface area contributed by atoms with E-state index in [1.54, 1.807) is 30.3 Å². The molecule has 2 aromatic carbocycles. The molecule has 0 aliphatic heterocycles. The number of alkyl halides is 3. The maximum Gasteiger partial charge on any atom is 0.417 e. The summed E-state index contributed by atoms with van der Waals surface area (Å²) in [7, 11) is 1.10. The lowest BCUT2D eigenvalue weighted by Gasteiger charge is -2.26. The fourth-order valence-electron chi connectivity index (χ4n) is 2.95. The van der Waals surface area contributed by atoms with Gasteiger partial charge in [0, 0.05) is 17.6 Å². The summed E-state index contributed by atoms with van der Waals surface area (Å²) >= 11 is 6.07. The minimum Gasteiger partial charge on any atom is -0.386 e. The zero-order valence-electron chi connectivity index (χ0n) is 15.5. The molecule has 0 saturated carbocycles. The first-order valence-corrected chi connectivity index (χ1v) is 8.88. The Hall–Kier alpha value is -2.91. The maximum absolute atomic E-state index is 14.6. The molecular formula is C20H17ClF4N2O3. The molecule has 160 valence electrons. The number of hydrogen-bond donors (Lipinski definition) is 3. The zero-order chi connectivity index (χ0) is 22.6. The molecule has 2 amide bonds.